The van der Waals surface area contributed by atoms with Crippen LogP contribution in [0.25, 0.3) is 0 Å². The Kier molecular flexibility index (Phi) is 6.55. The number of rotatable bonds is 5. The maximum absolute atomic E-state index is 14.1. The van der Waals surface area contributed by atoms with E-state index in [1.807, 2.05) is 0 Å². The standard InChI is InChI=1S/C21H21ClFN3O5.ClH/c1-2-25-10-21(6-12(21)9-27)26-8-13(17(28)18(29)16(26)20(25)31)19(30)24-7-11-4-3-5-14(22)15(11)23;/h3-5,8,12,27,29H,2,6-7,9-10H2,1H3,(H,24,30);1H/t12-,21-;/m0./s1. The molecule has 172 valence electrons. The third kappa shape index (κ3) is 3.64. The highest BCUT2D eigenvalue weighted by Gasteiger charge is 2.60. The molecular formula is C21H22Cl2FN3O5. The van der Waals surface area contributed by atoms with E-state index >= 15 is 0 Å². The number of fused-ring (bicyclic) bond motifs is 2. The summed E-state index contributed by atoms with van der Waals surface area (Å²) in [7, 11) is 0. The van der Waals surface area contributed by atoms with E-state index in [-0.39, 0.29) is 53.3 Å². The van der Waals surface area contributed by atoms with Gasteiger partial charge in [-0.25, -0.2) is 4.39 Å². The molecule has 2 amide bonds. The average molecular weight is 486 g/mol. The minimum atomic E-state index is -0.988. The summed E-state index contributed by atoms with van der Waals surface area (Å²) < 4.78 is 15.5. The number of pyridine rings is 1. The summed E-state index contributed by atoms with van der Waals surface area (Å²) in [6.07, 6.45) is 1.79. The first-order valence-corrected chi connectivity index (χ1v) is 10.2. The van der Waals surface area contributed by atoms with Gasteiger partial charge in [0.1, 0.15) is 11.4 Å². The first-order chi connectivity index (χ1) is 14.7. The first-order valence-electron chi connectivity index (χ1n) is 9.85. The molecular weight excluding hydrogens is 464 g/mol. The van der Waals surface area contributed by atoms with Crippen molar-refractivity contribution >= 4 is 35.8 Å². The van der Waals surface area contributed by atoms with Gasteiger partial charge in [-0.15, -0.1) is 12.4 Å². The minimum absolute atomic E-state index is 0. The van der Waals surface area contributed by atoms with Gasteiger partial charge < -0.3 is 25.0 Å². The lowest BCUT2D eigenvalue weighted by Gasteiger charge is -2.37. The molecule has 4 rings (SSSR count). The fraction of sp³-hybridized carbons (Fsp3) is 0.381. The summed E-state index contributed by atoms with van der Waals surface area (Å²) in [5.74, 6) is -3.00. The molecule has 2 aliphatic rings. The molecule has 3 N–H and O–H groups in total. The number of nitrogens with zero attached hydrogens (tertiary/aromatic N) is 2. The minimum Gasteiger partial charge on any atom is -0.503 e. The number of amides is 2. The van der Waals surface area contributed by atoms with Crippen LogP contribution in [0.15, 0.2) is 29.2 Å². The maximum Gasteiger partial charge on any atom is 0.274 e. The van der Waals surface area contributed by atoms with Gasteiger partial charge in [-0.2, -0.15) is 0 Å². The van der Waals surface area contributed by atoms with Crippen molar-refractivity contribution in [2.45, 2.75) is 25.4 Å². The van der Waals surface area contributed by atoms with Crippen molar-refractivity contribution in [3.63, 3.8) is 0 Å². The summed E-state index contributed by atoms with van der Waals surface area (Å²) in [5, 5.41) is 22.6. The van der Waals surface area contributed by atoms with E-state index in [1.165, 1.54) is 33.9 Å². The molecule has 1 aliphatic carbocycles. The lowest BCUT2D eigenvalue weighted by atomic mass is 10.0. The van der Waals surface area contributed by atoms with Crippen LogP contribution in [0.2, 0.25) is 5.02 Å². The fourth-order valence-electron chi connectivity index (χ4n) is 4.25. The molecule has 0 bridgehead atoms. The Morgan fingerprint density at radius 3 is 2.72 bits per heavy atom. The van der Waals surface area contributed by atoms with E-state index < -0.39 is 34.3 Å². The van der Waals surface area contributed by atoms with Gasteiger partial charge in [0.25, 0.3) is 11.8 Å². The largest absolute Gasteiger partial charge is 0.503 e. The van der Waals surface area contributed by atoms with Gasteiger partial charge in [0, 0.05) is 43.9 Å². The van der Waals surface area contributed by atoms with Gasteiger partial charge in [-0.3, -0.25) is 14.4 Å². The predicted molar refractivity (Wildman–Crippen MR) is 117 cm³/mol. The second-order valence-corrected chi connectivity index (χ2v) is 8.25. The Morgan fingerprint density at radius 1 is 1.38 bits per heavy atom. The predicted octanol–water partition coefficient (Wildman–Crippen LogP) is 1.88. The molecule has 1 spiro atoms. The van der Waals surface area contributed by atoms with Crippen molar-refractivity contribution in [3.05, 3.63) is 62.3 Å². The summed E-state index contributed by atoms with van der Waals surface area (Å²) in [6.45, 7) is 2.11. The molecule has 1 aliphatic heterocycles. The number of likely N-dealkylation sites (N-methyl/N-ethyl adjacent to an activating group) is 1. The van der Waals surface area contributed by atoms with Crippen LogP contribution in [0, 0.1) is 11.7 Å². The van der Waals surface area contributed by atoms with E-state index in [4.69, 9.17) is 11.6 Å². The molecule has 1 aromatic heterocycles. The molecule has 11 heteroatoms. The normalized spacial score (nSPS) is 21.2. The molecule has 1 fully saturated rings. The molecule has 32 heavy (non-hydrogen) atoms. The number of nitrogens with one attached hydrogen (secondary N) is 1. The van der Waals surface area contributed by atoms with E-state index in [1.54, 1.807) is 6.92 Å². The molecule has 0 saturated heterocycles. The number of carbonyl (C=O) groups is 2. The van der Waals surface area contributed by atoms with Crippen LogP contribution in [0.5, 0.6) is 5.75 Å². The summed E-state index contributed by atoms with van der Waals surface area (Å²) >= 11 is 5.74. The van der Waals surface area contributed by atoms with Crippen LogP contribution in [-0.2, 0) is 12.1 Å². The monoisotopic (exact) mass is 485 g/mol. The summed E-state index contributed by atoms with van der Waals surface area (Å²) in [6, 6.07) is 4.35. The van der Waals surface area contributed by atoms with E-state index in [0.29, 0.717) is 19.5 Å². The van der Waals surface area contributed by atoms with E-state index in [0.717, 1.165) is 0 Å². The van der Waals surface area contributed by atoms with Crippen molar-refractivity contribution in [1.82, 2.24) is 14.8 Å². The molecule has 8 nitrogen and oxygen atoms in total. The molecule has 1 saturated carbocycles. The average Bonchev–Trinajstić information content (AvgIpc) is 3.47. The van der Waals surface area contributed by atoms with Crippen LogP contribution in [0.1, 0.15) is 39.8 Å². The van der Waals surface area contributed by atoms with Crippen LogP contribution < -0.4 is 10.7 Å². The van der Waals surface area contributed by atoms with Crippen LogP contribution in [-0.4, -0.2) is 51.2 Å². The highest BCUT2D eigenvalue weighted by molar-refractivity contribution is 6.30. The first kappa shape index (κ1) is 24.0. The lowest BCUT2D eigenvalue weighted by Crippen LogP contribution is -2.49. The highest BCUT2D eigenvalue weighted by atomic mass is 35.5. The molecule has 0 unspecified atom stereocenters. The van der Waals surface area contributed by atoms with Crippen molar-refractivity contribution in [1.29, 1.82) is 0 Å². The Labute approximate surface area is 194 Å². The van der Waals surface area contributed by atoms with Gasteiger partial charge in [0.15, 0.2) is 11.4 Å². The van der Waals surface area contributed by atoms with E-state index in [9.17, 15) is 29.0 Å². The van der Waals surface area contributed by atoms with Crippen LogP contribution in [0.3, 0.4) is 0 Å². The fourth-order valence-corrected chi connectivity index (χ4v) is 4.44. The topological polar surface area (TPSA) is 112 Å². The Balaban J connectivity index is 0.00000289. The van der Waals surface area contributed by atoms with Gasteiger partial charge in [0.2, 0.25) is 5.43 Å². The number of benzene rings is 1. The Morgan fingerprint density at radius 2 is 2.09 bits per heavy atom. The number of hydrogen-bond donors (Lipinski definition) is 3. The van der Waals surface area contributed by atoms with Gasteiger partial charge in [0.05, 0.1) is 10.6 Å². The quantitative estimate of drug-likeness (QED) is 0.598. The van der Waals surface area contributed by atoms with E-state index in [2.05, 4.69) is 5.32 Å². The zero-order valence-electron chi connectivity index (χ0n) is 17.1. The van der Waals surface area contributed by atoms with Gasteiger partial charge in [-0.05, 0) is 19.4 Å². The number of aromatic nitrogens is 1. The Hall–Kier alpha value is -2.62. The molecule has 2 atom stereocenters. The smallest absolute Gasteiger partial charge is 0.274 e. The van der Waals surface area contributed by atoms with Crippen LogP contribution in [0.4, 0.5) is 4.39 Å². The highest BCUT2D eigenvalue weighted by Crippen LogP contribution is 2.53. The zero-order chi connectivity index (χ0) is 22.5. The number of aliphatic hydroxyl groups excluding tert-OH is 1. The second kappa shape index (κ2) is 8.73. The summed E-state index contributed by atoms with van der Waals surface area (Å²) in [5.41, 5.74) is -2.10. The zero-order valence-corrected chi connectivity index (χ0v) is 18.7. The number of halogens is 3. The van der Waals surface area contributed by atoms with Crippen molar-refractivity contribution < 1.29 is 24.2 Å². The molecule has 0 radical (unpaired) electrons. The van der Waals surface area contributed by atoms with Gasteiger partial charge in [-0.1, -0.05) is 23.7 Å². The SMILES string of the molecule is CCN1C[C@]2(C[C@H]2CO)n2cc(C(=O)NCc3cccc(Cl)c3F)c(=O)c(O)c2C1=O.Cl. The third-order valence-electron chi connectivity index (χ3n) is 6.13. The number of aromatic hydroxyl groups is 1. The third-order valence-corrected chi connectivity index (χ3v) is 6.43. The van der Waals surface area contributed by atoms with Gasteiger partial charge >= 0.3 is 0 Å². The molecule has 1 aromatic carbocycles. The lowest BCUT2D eigenvalue weighted by molar-refractivity contribution is 0.0630. The van der Waals surface area contributed by atoms with Crippen molar-refractivity contribution in [3.8, 4) is 5.75 Å². The van der Waals surface area contributed by atoms with Crippen molar-refractivity contribution in [2.24, 2.45) is 5.92 Å². The summed E-state index contributed by atoms with van der Waals surface area (Å²) in [4.78, 5) is 39.7. The Bertz CT molecular complexity index is 1150. The number of aliphatic hydroxyl groups is 1. The number of carbonyl (C=O) groups excluding carboxylic acids is 2. The molecule has 2 heterocycles. The van der Waals surface area contributed by atoms with Crippen molar-refractivity contribution in [2.75, 3.05) is 19.7 Å². The number of hydrogen-bond acceptors (Lipinski definition) is 5. The molecule has 2 aromatic rings. The second-order valence-electron chi connectivity index (χ2n) is 7.84. The maximum atomic E-state index is 14.1. The van der Waals surface area contributed by atoms with Crippen LogP contribution >= 0.6 is 24.0 Å².